The third kappa shape index (κ3) is 3.16. The predicted octanol–water partition coefficient (Wildman–Crippen LogP) is 2.34. The zero-order valence-electron chi connectivity index (χ0n) is 10.2. The molecule has 1 aliphatic carbocycles. The topological polar surface area (TPSA) is 42.1 Å². The van der Waals surface area contributed by atoms with Crippen LogP contribution in [0.25, 0.3) is 0 Å². The molecule has 3 nitrogen and oxygen atoms in total. The summed E-state index contributed by atoms with van der Waals surface area (Å²) in [6, 6.07) is 3.83. The molecule has 0 radical (unpaired) electrons. The summed E-state index contributed by atoms with van der Waals surface area (Å²) in [6.45, 7) is 1.08. The Morgan fingerprint density at radius 2 is 2.24 bits per heavy atom. The lowest BCUT2D eigenvalue weighted by Crippen LogP contribution is -2.25. The smallest absolute Gasteiger partial charge is 0.128 e. The van der Waals surface area contributed by atoms with Gasteiger partial charge in [-0.3, -0.25) is 0 Å². The van der Waals surface area contributed by atoms with Gasteiger partial charge >= 0.3 is 0 Å². The highest BCUT2D eigenvalue weighted by molar-refractivity contribution is 7.80. The average molecular weight is 249 g/mol. The average Bonchev–Trinajstić information content (AvgIpc) is 2.82. The highest BCUT2D eigenvalue weighted by atomic mass is 32.1. The number of hydrogen-bond acceptors (Lipinski definition) is 3. The van der Waals surface area contributed by atoms with Gasteiger partial charge in [0.15, 0.2) is 0 Å². The predicted molar refractivity (Wildman–Crippen MR) is 75.4 cm³/mol. The molecule has 0 saturated heterocycles. The van der Waals surface area contributed by atoms with Crippen LogP contribution in [0.5, 0.6) is 0 Å². The number of pyridine rings is 1. The van der Waals surface area contributed by atoms with Crippen molar-refractivity contribution in [1.82, 2.24) is 4.98 Å². The van der Waals surface area contributed by atoms with E-state index in [2.05, 4.69) is 16.9 Å². The van der Waals surface area contributed by atoms with Gasteiger partial charge in [0.2, 0.25) is 0 Å². The summed E-state index contributed by atoms with van der Waals surface area (Å²) in [5.74, 6) is 1.78. The molecule has 0 atom stereocenters. The molecule has 0 bridgehead atoms. The lowest BCUT2D eigenvalue weighted by Gasteiger charge is -2.22. The van der Waals surface area contributed by atoms with Crippen LogP contribution in [0.4, 0.5) is 5.82 Å². The molecule has 0 amide bonds. The first-order valence-corrected chi connectivity index (χ1v) is 6.54. The molecule has 4 heteroatoms. The number of nitrogens with two attached hydrogens (primary N) is 1. The van der Waals surface area contributed by atoms with Crippen molar-refractivity contribution >= 4 is 23.0 Å². The molecular weight excluding hydrogens is 230 g/mol. The third-order valence-electron chi connectivity index (χ3n) is 3.43. The van der Waals surface area contributed by atoms with Crippen molar-refractivity contribution in [1.29, 1.82) is 0 Å². The number of anilines is 1. The molecule has 1 saturated carbocycles. The standard InChI is InChI=1S/C13H19N3S/c1-16(9-10-4-2-3-5-10)12-8-11(13(14)17)6-7-15-12/h6-8,10H,2-5,9H2,1H3,(H2,14,17). The Balaban J connectivity index is 2.04. The number of nitrogens with zero attached hydrogens (tertiary/aromatic N) is 2. The van der Waals surface area contributed by atoms with Crippen molar-refractivity contribution in [3.8, 4) is 0 Å². The molecule has 1 aromatic rings. The van der Waals surface area contributed by atoms with E-state index in [9.17, 15) is 0 Å². The molecule has 0 spiro atoms. The second kappa shape index (κ2) is 5.45. The van der Waals surface area contributed by atoms with E-state index < -0.39 is 0 Å². The molecule has 1 aromatic heterocycles. The maximum Gasteiger partial charge on any atom is 0.128 e. The van der Waals surface area contributed by atoms with Gasteiger partial charge in [0, 0.05) is 25.4 Å². The Labute approximate surface area is 108 Å². The molecule has 2 N–H and O–H groups in total. The highest BCUT2D eigenvalue weighted by Crippen LogP contribution is 2.26. The van der Waals surface area contributed by atoms with Gasteiger partial charge < -0.3 is 10.6 Å². The molecular formula is C13H19N3S. The van der Waals surface area contributed by atoms with E-state index in [-0.39, 0.29) is 0 Å². The van der Waals surface area contributed by atoms with Gasteiger partial charge in [-0.1, -0.05) is 25.1 Å². The van der Waals surface area contributed by atoms with E-state index >= 15 is 0 Å². The van der Waals surface area contributed by atoms with Gasteiger partial charge in [0.1, 0.15) is 10.8 Å². The van der Waals surface area contributed by atoms with E-state index in [1.165, 1.54) is 25.7 Å². The number of rotatable bonds is 4. The maximum atomic E-state index is 5.63. The molecule has 1 heterocycles. The molecule has 1 fully saturated rings. The monoisotopic (exact) mass is 249 g/mol. The summed E-state index contributed by atoms with van der Waals surface area (Å²) in [7, 11) is 2.09. The van der Waals surface area contributed by atoms with E-state index in [1.54, 1.807) is 6.20 Å². The molecule has 0 aromatic carbocycles. The second-order valence-corrected chi connectivity index (χ2v) is 5.24. The van der Waals surface area contributed by atoms with Gasteiger partial charge in [-0.15, -0.1) is 0 Å². The second-order valence-electron chi connectivity index (χ2n) is 4.80. The zero-order valence-corrected chi connectivity index (χ0v) is 11.0. The Bertz CT molecular complexity index is 399. The number of hydrogen-bond donors (Lipinski definition) is 1. The molecule has 0 aliphatic heterocycles. The zero-order chi connectivity index (χ0) is 12.3. The Morgan fingerprint density at radius 3 is 2.88 bits per heavy atom. The van der Waals surface area contributed by atoms with Crippen LogP contribution in [-0.2, 0) is 0 Å². The summed E-state index contributed by atoms with van der Waals surface area (Å²) < 4.78 is 0. The van der Waals surface area contributed by atoms with Gasteiger partial charge in [0.05, 0.1) is 0 Å². The molecule has 17 heavy (non-hydrogen) atoms. The van der Waals surface area contributed by atoms with E-state index in [1.807, 2.05) is 12.1 Å². The van der Waals surface area contributed by atoms with Crippen LogP contribution in [-0.4, -0.2) is 23.6 Å². The quantitative estimate of drug-likeness (QED) is 0.832. The van der Waals surface area contributed by atoms with Crippen molar-refractivity contribution in [2.75, 3.05) is 18.5 Å². The number of thiocarbonyl (C=S) groups is 1. The summed E-state index contributed by atoms with van der Waals surface area (Å²) >= 11 is 4.98. The lowest BCUT2D eigenvalue weighted by molar-refractivity contribution is 0.545. The SMILES string of the molecule is CN(CC1CCCC1)c1cc(C(N)=S)ccn1. The molecule has 92 valence electrons. The van der Waals surface area contributed by atoms with Gasteiger partial charge in [-0.25, -0.2) is 4.98 Å². The minimum absolute atomic E-state index is 0.433. The number of aromatic nitrogens is 1. The maximum absolute atomic E-state index is 5.63. The minimum Gasteiger partial charge on any atom is -0.389 e. The first-order chi connectivity index (χ1) is 8.16. The van der Waals surface area contributed by atoms with Crippen LogP contribution in [0.1, 0.15) is 31.2 Å². The first kappa shape index (κ1) is 12.3. The van der Waals surface area contributed by atoms with Crippen LogP contribution >= 0.6 is 12.2 Å². The summed E-state index contributed by atoms with van der Waals surface area (Å²) in [5, 5.41) is 0. The third-order valence-corrected chi connectivity index (χ3v) is 3.66. The largest absolute Gasteiger partial charge is 0.389 e. The van der Waals surface area contributed by atoms with Crippen molar-refractivity contribution < 1.29 is 0 Å². The van der Waals surface area contributed by atoms with Gasteiger partial charge in [0.25, 0.3) is 0 Å². The molecule has 0 unspecified atom stereocenters. The van der Waals surface area contributed by atoms with Crippen LogP contribution < -0.4 is 10.6 Å². The molecule has 2 rings (SSSR count). The van der Waals surface area contributed by atoms with Crippen LogP contribution in [0.3, 0.4) is 0 Å². The van der Waals surface area contributed by atoms with Gasteiger partial charge in [-0.2, -0.15) is 0 Å². The normalized spacial score (nSPS) is 16.1. The highest BCUT2D eigenvalue weighted by Gasteiger charge is 2.17. The van der Waals surface area contributed by atoms with Crippen LogP contribution in [0.15, 0.2) is 18.3 Å². The summed E-state index contributed by atoms with van der Waals surface area (Å²) in [4.78, 5) is 7.01. The van der Waals surface area contributed by atoms with Crippen molar-refractivity contribution in [2.45, 2.75) is 25.7 Å². The van der Waals surface area contributed by atoms with Crippen molar-refractivity contribution in [3.63, 3.8) is 0 Å². The van der Waals surface area contributed by atoms with E-state index in [4.69, 9.17) is 18.0 Å². The van der Waals surface area contributed by atoms with Gasteiger partial charge in [-0.05, 0) is 30.9 Å². The fourth-order valence-corrected chi connectivity index (χ4v) is 2.58. The Morgan fingerprint density at radius 1 is 1.53 bits per heavy atom. The van der Waals surface area contributed by atoms with E-state index in [0.29, 0.717) is 4.99 Å². The summed E-state index contributed by atoms with van der Waals surface area (Å²) in [6.07, 6.45) is 7.21. The van der Waals surface area contributed by atoms with E-state index in [0.717, 1.165) is 23.8 Å². The van der Waals surface area contributed by atoms with Crippen LogP contribution in [0, 0.1) is 5.92 Å². The first-order valence-electron chi connectivity index (χ1n) is 6.14. The Kier molecular flexibility index (Phi) is 3.94. The summed E-state index contributed by atoms with van der Waals surface area (Å²) in [5.41, 5.74) is 6.52. The Hall–Kier alpha value is -1.16. The minimum atomic E-state index is 0.433. The van der Waals surface area contributed by atoms with Crippen LogP contribution in [0.2, 0.25) is 0 Å². The fraction of sp³-hybridized carbons (Fsp3) is 0.538. The molecule has 1 aliphatic rings. The lowest BCUT2D eigenvalue weighted by atomic mass is 10.1. The fourth-order valence-electron chi connectivity index (χ4n) is 2.45. The van der Waals surface area contributed by atoms with Crippen molar-refractivity contribution in [2.24, 2.45) is 11.7 Å². The van der Waals surface area contributed by atoms with Crippen molar-refractivity contribution in [3.05, 3.63) is 23.9 Å².